The molecule has 4 rings (SSSR count). The number of carbonyl (C=O) groups is 1. The molecular weight excluding hydrogens is 506 g/mol. The van der Waals surface area contributed by atoms with Crippen LogP contribution in [0.1, 0.15) is 17.3 Å². The summed E-state index contributed by atoms with van der Waals surface area (Å²) in [5.41, 5.74) is 2.37. The van der Waals surface area contributed by atoms with Gasteiger partial charge in [-0.1, -0.05) is 32.6 Å². The van der Waals surface area contributed by atoms with Crippen molar-refractivity contribution >= 4 is 35.2 Å². The summed E-state index contributed by atoms with van der Waals surface area (Å²) in [6.45, 7) is 9.42. The van der Waals surface area contributed by atoms with Gasteiger partial charge in [0.05, 0.1) is 27.2 Å². The molecule has 0 radical (unpaired) electrons. The molecule has 0 N–H and O–H groups in total. The summed E-state index contributed by atoms with van der Waals surface area (Å²) in [4.78, 5) is 21.4. The van der Waals surface area contributed by atoms with Crippen LogP contribution >= 0.6 is 0 Å². The Bertz CT molecular complexity index is 1500. The van der Waals surface area contributed by atoms with Crippen LogP contribution in [0.5, 0.6) is 11.5 Å². The maximum absolute atomic E-state index is 12.1. The zero-order chi connectivity index (χ0) is 26.6. The van der Waals surface area contributed by atoms with Crippen LogP contribution in [0.3, 0.4) is 0 Å². The lowest BCUT2D eigenvalue weighted by atomic mass is 10.2. The van der Waals surface area contributed by atoms with Crippen molar-refractivity contribution in [2.45, 2.75) is 44.2 Å². The van der Waals surface area contributed by atoms with Gasteiger partial charge in [-0.25, -0.2) is 13.4 Å². The number of hydrogen-bond donors (Lipinski definition) is 0. The summed E-state index contributed by atoms with van der Waals surface area (Å²) in [7, 11) is -4.57. The van der Waals surface area contributed by atoms with Crippen LogP contribution < -0.4 is 4.74 Å². The van der Waals surface area contributed by atoms with Gasteiger partial charge in [-0.05, 0) is 48.5 Å². The van der Waals surface area contributed by atoms with E-state index in [1.165, 1.54) is 12.1 Å². The molecule has 0 bridgehead atoms. The number of imidazole rings is 1. The van der Waals surface area contributed by atoms with Crippen LogP contribution in [0.2, 0.25) is 25.7 Å². The third-order valence-electron chi connectivity index (χ3n) is 5.91. The molecule has 4 aromatic rings. The van der Waals surface area contributed by atoms with Gasteiger partial charge in [-0.3, -0.25) is 14.3 Å². The predicted octanol–water partition coefficient (Wildman–Crippen LogP) is 5.81. The average Bonchev–Trinajstić information content (AvgIpc) is 3.23. The Balaban J connectivity index is 1.72. The summed E-state index contributed by atoms with van der Waals surface area (Å²) < 4.78 is 38.3. The standard InChI is InChI=1S/C27H31N3O5SSi/c1-5-36(32,33)22-11-9-21(10-12-22)35-26-17-25-24(16-20(26)18-31)29-27(23-8-6-7-13-28-23)30(25)19-34-14-15-37(2,3)4/h6-13,16-18H,5,14-15,19H2,1-4H3. The van der Waals surface area contributed by atoms with Crippen molar-refractivity contribution in [2.24, 2.45) is 0 Å². The van der Waals surface area contributed by atoms with Crippen molar-refractivity contribution in [3.8, 4) is 23.0 Å². The van der Waals surface area contributed by atoms with E-state index in [4.69, 9.17) is 14.5 Å². The molecule has 0 fully saturated rings. The highest BCUT2D eigenvalue weighted by molar-refractivity contribution is 7.91. The first-order valence-electron chi connectivity index (χ1n) is 12.1. The molecule has 0 aliphatic rings. The molecule has 37 heavy (non-hydrogen) atoms. The Labute approximate surface area is 218 Å². The van der Waals surface area contributed by atoms with Crippen molar-refractivity contribution in [1.82, 2.24) is 14.5 Å². The Morgan fingerprint density at radius 1 is 1.05 bits per heavy atom. The number of benzene rings is 2. The lowest BCUT2D eigenvalue weighted by Crippen LogP contribution is -2.22. The van der Waals surface area contributed by atoms with Crippen molar-refractivity contribution < 1.29 is 22.7 Å². The van der Waals surface area contributed by atoms with E-state index in [-0.39, 0.29) is 17.4 Å². The van der Waals surface area contributed by atoms with Gasteiger partial charge in [0.25, 0.3) is 0 Å². The summed E-state index contributed by atoms with van der Waals surface area (Å²) in [5.74, 6) is 1.40. The molecule has 8 nitrogen and oxygen atoms in total. The number of hydrogen-bond acceptors (Lipinski definition) is 7. The van der Waals surface area contributed by atoms with Gasteiger partial charge in [0.1, 0.15) is 23.9 Å². The maximum Gasteiger partial charge on any atom is 0.178 e. The largest absolute Gasteiger partial charge is 0.457 e. The van der Waals surface area contributed by atoms with Gasteiger partial charge in [-0.15, -0.1) is 0 Å². The van der Waals surface area contributed by atoms with E-state index >= 15 is 0 Å². The molecule has 2 aromatic heterocycles. The Morgan fingerprint density at radius 3 is 2.43 bits per heavy atom. The number of fused-ring (bicyclic) bond motifs is 1. The van der Waals surface area contributed by atoms with Gasteiger partial charge >= 0.3 is 0 Å². The fraction of sp³-hybridized carbons (Fsp3) is 0.296. The van der Waals surface area contributed by atoms with E-state index < -0.39 is 17.9 Å². The van der Waals surface area contributed by atoms with Crippen molar-refractivity contribution in [1.29, 1.82) is 0 Å². The molecular formula is C27H31N3O5SSi. The number of pyridine rings is 1. The number of nitrogens with zero attached hydrogens (tertiary/aromatic N) is 3. The second-order valence-corrected chi connectivity index (χ2v) is 17.8. The summed E-state index contributed by atoms with van der Waals surface area (Å²) in [6.07, 6.45) is 2.42. The van der Waals surface area contributed by atoms with Crippen molar-refractivity contribution in [2.75, 3.05) is 12.4 Å². The molecule has 0 saturated heterocycles. The van der Waals surface area contributed by atoms with Crippen LogP contribution in [0.4, 0.5) is 0 Å². The fourth-order valence-corrected chi connectivity index (χ4v) is 5.35. The Kier molecular flexibility index (Phi) is 7.91. The van der Waals surface area contributed by atoms with Gasteiger partial charge in [0.2, 0.25) is 0 Å². The smallest absolute Gasteiger partial charge is 0.178 e. The number of carbonyl (C=O) groups excluding carboxylic acids is 1. The van der Waals surface area contributed by atoms with E-state index in [0.717, 1.165) is 11.6 Å². The van der Waals surface area contributed by atoms with Crippen LogP contribution in [-0.4, -0.2) is 49.7 Å². The molecule has 194 valence electrons. The first-order chi connectivity index (χ1) is 17.6. The van der Waals surface area contributed by atoms with Gasteiger partial charge in [0, 0.05) is 26.9 Å². The van der Waals surface area contributed by atoms with E-state index in [0.29, 0.717) is 47.0 Å². The summed E-state index contributed by atoms with van der Waals surface area (Å²) >= 11 is 0. The fourth-order valence-electron chi connectivity index (χ4n) is 3.71. The molecule has 10 heteroatoms. The van der Waals surface area contributed by atoms with Gasteiger partial charge in [0.15, 0.2) is 21.9 Å². The lowest BCUT2D eigenvalue weighted by Gasteiger charge is -2.16. The van der Waals surface area contributed by atoms with Gasteiger partial charge < -0.3 is 9.47 Å². The van der Waals surface area contributed by atoms with E-state index in [2.05, 4.69) is 24.6 Å². The van der Waals surface area contributed by atoms with Crippen molar-refractivity contribution in [3.05, 3.63) is 66.4 Å². The number of rotatable bonds is 11. The topological polar surface area (TPSA) is 100 Å². The first-order valence-corrected chi connectivity index (χ1v) is 17.5. The second-order valence-electron chi connectivity index (χ2n) is 9.90. The van der Waals surface area contributed by atoms with E-state index in [9.17, 15) is 13.2 Å². The molecule has 0 spiro atoms. The van der Waals surface area contributed by atoms with Gasteiger partial charge in [-0.2, -0.15) is 0 Å². The zero-order valence-electron chi connectivity index (χ0n) is 21.5. The van der Waals surface area contributed by atoms with E-state index in [1.807, 2.05) is 22.8 Å². The number of aromatic nitrogens is 3. The number of sulfone groups is 1. The highest BCUT2D eigenvalue weighted by Gasteiger charge is 2.19. The zero-order valence-corrected chi connectivity index (χ0v) is 23.3. The maximum atomic E-state index is 12.1. The summed E-state index contributed by atoms with van der Waals surface area (Å²) in [6, 6.07) is 16.3. The third-order valence-corrected chi connectivity index (χ3v) is 9.36. The quantitative estimate of drug-likeness (QED) is 0.135. The third kappa shape index (κ3) is 6.33. The van der Waals surface area contributed by atoms with E-state index in [1.54, 1.807) is 37.4 Å². The predicted molar refractivity (Wildman–Crippen MR) is 147 cm³/mol. The molecule has 0 unspecified atom stereocenters. The first kappa shape index (κ1) is 26.7. The van der Waals surface area contributed by atoms with Crippen LogP contribution in [0, 0.1) is 0 Å². The Hall–Kier alpha value is -3.34. The van der Waals surface area contributed by atoms with Crippen LogP contribution in [-0.2, 0) is 21.3 Å². The SMILES string of the molecule is CCS(=O)(=O)c1ccc(Oc2cc3c(cc2C=O)nc(-c2ccccn2)n3COCC[Si](C)(C)C)cc1. The highest BCUT2D eigenvalue weighted by Crippen LogP contribution is 2.32. The molecule has 0 aliphatic heterocycles. The molecule has 0 saturated carbocycles. The van der Waals surface area contributed by atoms with Crippen molar-refractivity contribution in [3.63, 3.8) is 0 Å². The monoisotopic (exact) mass is 537 g/mol. The molecule has 0 atom stereocenters. The molecule has 2 aromatic carbocycles. The summed E-state index contributed by atoms with van der Waals surface area (Å²) in [5, 5.41) is 0. The molecule has 2 heterocycles. The molecule has 0 aliphatic carbocycles. The van der Waals surface area contributed by atoms with Crippen LogP contribution in [0.25, 0.3) is 22.6 Å². The lowest BCUT2D eigenvalue weighted by molar-refractivity contribution is 0.0909. The minimum Gasteiger partial charge on any atom is -0.457 e. The minimum absolute atomic E-state index is 0.0156. The molecule has 0 amide bonds. The Morgan fingerprint density at radius 2 is 1.81 bits per heavy atom. The minimum atomic E-state index is -3.32. The normalized spacial score (nSPS) is 12.1. The second kappa shape index (κ2) is 11.0. The number of ether oxygens (including phenoxy) is 2. The number of aldehydes is 1. The highest BCUT2D eigenvalue weighted by atomic mass is 32.2. The average molecular weight is 538 g/mol. The van der Waals surface area contributed by atoms with Crippen LogP contribution in [0.15, 0.2) is 65.7 Å².